The van der Waals surface area contributed by atoms with Crippen molar-refractivity contribution < 1.29 is 25.2 Å². The largest absolute Gasteiger partial charge is 0.508 e. The van der Waals surface area contributed by atoms with Crippen LogP contribution >= 0.6 is 0 Å². The Bertz CT molecular complexity index is 717. The van der Waals surface area contributed by atoms with E-state index in [0.29, 0.717) is 24.1 Å². The van der Waals surface area contributed by atoms with E-state index in [1.165, 1.54) is 6.07 Å². The standard InChI is InChI=1S/C19H25NO5/c1-2-15-16(6-7-25-11-14(22)10-21)19(18(24)9-17(15)23)12-4-3-5-13(20)8-12/h3-5,8-9,14,21-24H,2,6-7,10-11,20H2,1H3. The molecule has 0 aromatic heterocycles. The first-order valence-electron chi connectivity index (χ1n) is 8.27. The number of hydrogen-bond acceptors (Lipinski definition) is 6. The van der Waals surface area contributed by atoms with Gasteiger partial charge in [0.2, 0.25) is 0 Å². The van der Waals surface area contributed by atoms with E-state index in [1.807, 2.05) is 13.0 Å². The minimum atomic E-state index is -0.920. The summed E-state index contributed by atoms with van der Waals surface area (Å²) in [7, 11) is 0. The smallest absolute Gasteiger partial charge is 0.127 e. The van der Waals surface area contributed by atoms with Crippen molar-refractivity contribution >= 4 is 5.69 Å². The number of nitrogen functional groups attached to an aromatic ring is 1. The monoisotopic (exact) mass is 347 g/mol. The van der Waals surface area contributed by atoms with Crippen LogP contribution in [-0.2, 0) is 17.6 Å². The maximum Gasteiger partial charge on any atom is 0.127 e. The topological polar surface area (TPSA) is 116 Å². The summed E-state index contributed by atoms with van der Waals surface area (Å²) in [6, 6.07) is 8.53. The van der Waals surface area contributed by atoms with E-state index in [4.69, 9.17) is 15.6 Å². The van der Waals surface area contributed by atoms with Gasteiger partial charge in [-0.15, -0.1) is 0 Å². The van der Waals surface area contributed by atoms with Crippen LogP contribution in [0.2, 0.25) is 0 Å². The predicted octanol–water partition coefficient (Wildman–Crippen LogP) is 1.82. The number of rotatable bonds is 8. The molecule has 0 spiro atoms. The zero-order valence-electron chi connectivity index (χ0n) is 14.3. The van der Waals surface area contributed by atoms with Gasteiger partial charge in [-0.1, -0.05) is 19.1 Å². The molecule has 1 atom stereocenters. The van der Waals surface area contributed by atoms with Gasteiger partial charge in [0.15, 0.2) is 0 Å². The molecule has 2 aromatic rings. The number of phenolic OH excluding ortho intramolecular Hbond substituents is 2. The fourth-order valence-electron chi connectivity index (χ4n) is 2.88. The molecule has 136 valence electrons. The van der Waals surface area contributed by atoms with Crippen LogP contribution in [0.4, 0.5) is 5.69 Å². The van der Waals surface area contributed by atoms with Crippen LogP contribution in [0.1, 0.15) is 18.1 Å². The average molecular weight is 347 g/mol. The van der Waals surface area contributed by atoms with Crippen LogP contribution in [0.5, 0.6) is 11.5 Å². The van der Waals surface area contributed by atoms with Gasteiger partial charge < -0.3 is 30.9 Å². The Labute approximate surface area is 147 Å². The highest BCUT2D eigenvalue weighted by molar-refractivity contribution is 5.78. The van der Waals surface area contributed by atoms with Crippen molar-refractivity contribution in [2.75, 3.05) is 25.6 Å². The summed E-state index contributed by atoms with van der Waals surface area (Å²) >= 11 is 0. The van der Waals surface area contributed by atoms with Gasteiger partial charge in [-0.05, 0) is 41.7 Å². The molecular weight excluding hydrogens is 322 g/mol. The Morgan fingerprint density at radius 1 is 1.12 bits per heavy atom. The molecule has 2 aromatic carbocycles. The third-order valence-electron chi connectivity index (χ3n) is 4.05. The number of benzene rings is 2. The van der Waals surface area contributed by atoms with Crippen molar-refractivity contribution in [3.63, 3.8) is 0 Å². The van der Waals surface area contributed by atoms with E-state index in [1.54, 1.807) is 18.2 Å². The second kappa shape index (κ2) is 8.71. The molecule has 6 N–H and O–H groups in total. The Morgan fingerprint density at radius 2 is 1.88 bits per heavy atom. The van der Waals surface area contributed by atoms with Crippen molar-refractivity contribution in [2.45, 2.75) is 25.9 Å². The molecule has 0 saturated carbocycles. The molecule has 25 heavy (non-hydrogen) atoms. The highest BCUT2D eigenvalue weighted by atomic mass is 16.5. The van der Waals surface area contributed by atoms with Crippen molar-refractivity contribution in [1.29, 1.82) is 0 Å². The van der Waals surface area contributed by atoms with Crippen LogP contribution in [0.15, 0.2) is 30.3 Å². The molecule has 0 saturated heterocycles. The molecule has 2 rings (SSSR count). The maximum absolute atomic E-state index is 10.4. The quantitative estimate of drug-likeness (QED) is 0.367. The fraction of sp³-hybridized carbons (Fsp3) is 0.368. The molecule has 0 fully saturated rings. The summed E-state index contributed by atoms with van der Waals surface area (Å²) in [5, 5.41) is 38.7. The molecule has 0 aliphatic heterocycles. The number of aliphatic hydroxyl groups excluding tert-OH is 2. The van der Waals surface area contributed by atoms with Gasteiger partial charge in [-0.3, -0.25) is 0 Å². The lowest BCUT2D eigenvalue weighted by Gasteiger charge is -2.18. The lowest BCUT2D eigenvalue weighted by molar-refractivity contribution is 0.00720. The molecule has 6 nitrogen and oxygen atoms in total. The summed E-state index contributed by atoms with van der Waals surface area (Å²) in [6.45, 7) is 1.87. The SMILES string of the molecule is CCc1c(O)cc(O)c(-c2cccc(N)c2)c1CCOCC(O)CO. The van der Waals surface area contributed by atoms with Gasteiger partial charge in [-0.25, -0.2) is 0 Å². The van der Waals surface area contributed by atoms with Crippen LogP contribution in [0.3, 0.4) is 0 Å². The zero-order valence-corrected chi connectivity index (χ0v) is 14.3. The van der Waals surface area contributed by atoms with Gasteiger partial charge in [0.05, 0.1) is 19.8 Å². The van der Waals surface area contributed by atoms with Crippen LogP contribution in [-0.4, -0.2) is 46.4 Å². The minimum Gasteiger partial charge on any atom is -0.508 e. The summed E-state index contributed by atoms with van der Waals surface area (Å²) in [5.41, 5.74) is 9.34. The lowest BCUT2D eigenvalue weighted by atomic mass is 9.90. The van der Waals surface area contributed by atoms with Gasteiger partial charge in [0.25, 0.3) is 0 Å². The first kappa shape index (κ1) is 19.1. The van der Waals surface area contributed by atoms with E-state index in [-0.39, 0.29) is 31.3 Å². The molecule has 1 unspecified atom stereocenters. The maximum atomic E-state index is 10.4. The number of nitrogens with two attached hydrogens (primary N) is 1. The molecule has 0 bridgehead atoms. The van der Waals surface area contributed by atoms with Crippen molar-refractivity contribution in [2.24, 2.45) is 0 Å². The Morgan fingerprint density at radius 3 is 2.52 bits per heavy atom. The number of hydrogen-bond donors (Lipinski definition) is 5. The van der Waals surface area contributed by atoms with E-state index in [2.05, 4.69) is 0 Å². The third-order valence-corrected chi connectivity index (χ3v) is 4.05. The summed E-state index contributed by atoms with van der Waals surface area (Å²) in [6.07, 6.45) is 0.111. The van der Waals surface area contributed by atoms with Crippen molar-refractivity contribution in [3.05, 3.63) is 41.5 Å². The third kappa shape index (κ3) is 4.63. The van der Waals surface area contributed by atoms with Gasteiger partial charge >= 0.3 is 0 Å². The first-order valence-corrected chi connectivity index (χ1v) is 8.27. The first-order chi connectivity index (χ1) is 12.0. The highest BCUT2D eigenvalue weighted by Gasteiger charge is 2.18. The molecule has 0 aliphatic rings. The summed E-state index contributed by atoms with van der Waals surface area (Å²) < 4.78 is 5.39. The van der Waals surface area contributed by atoms with E-state index >= 15 is 0 Å². The molecule has 6 heteroatoms. The number of phenols is 2. The van der Waals surface area contributed by atoms with E-state index in [0.717, 1.165) is 16.7 Å². The highest BCUT2D eigenvalue weighted by Crippen LogP contribution is 2.40. The minimum absolute atomic E-state index is 0.0225. The van der Waals surface area contributed by atoms with Crippen LogP contribution in [0, 0.1) is 0 Å². The summed E-state index contributed by atoms with van der Waals surface area (Å²) in [4.78, 5) is 0. The Hall–Kier alpha value is -2.28. The van der Waals surface area contributed by atoms with E-state index in [9.17, 15) is 15.3 Å². The number of ether oxygens (including phenoxy) is 1. The average Bonchev–Trinajstić information content (AvgIpc) is 2.58. The van der Waals surface area contributed by atoms with Crippen molar-refractivity contribution in [3.8, 4) is 22.6 Å². The number of anilines is 1. The normalized spacial score (nSPS) is 12.3. The molecule has 0 radical (unpaired) electrons. The Kier molecular flexibility index (Phi) is 6.64. The molecule has 0 aliphatic carbocycles. The predicted molar refractivity (Wildman–Crippen MR) is 96.6 cm³/mol. The second-order valence-corrected chi connectivity index (χ2v) is 5.89. The second-order valence-electron chi connectivity index (χ2n) is 5.89. The molecule has 0 amide bonds. The molecule has 0 heterocycles. The lowest BCUT2D eigenvalue weighted by Crippen LogP contribution is -2.20. The van der Waals surface area contributed by atoms with Gasteiger partial charge in [0, 0.05) is 17.3 Å². The summed E-state index contributed by atoms with van der Waals surface area (Å²) in [5.74, 6) is 0.0174. The van der Waals surface area contributed by atoms with Crippen LogP contribution in [0.25, 0.3) is 11.1 Å². The zero-order chi connectivity index (χ0) is 18.4. The Balaban J connectivity index is 2.37. The number of aromatic hydroxyl groups is 2. The van der Waals surface area contributed by atoms with Gasteiger partial charge in [0.1, 0.15) is 17.6 Å². The van der Waals surface area contributed by atoms with Gasteiger partial charge in [-0.2, -0.15) is 0 Å². The van der Waals surface area contributed by atoms with Crippen molar-refractivity contribution in [1.82, 2.24) is 0 Å². The number of aliphatic hydroxyl groups is 2. The van der Waals surface area contributed by atoms with Crippen LogP contribution < -0.4 is 5.73 Å². The van der Waals surface area contributed by atoms with E-state index < -0.39 is 6.10 Å². The molecular formula is C19H25NO5. The fourth-order valence-corrected chi connectivity index (χ4v) is 2.88.